The Morgan fingerprint density at radius 1 is 1.45 bits per heavy atom. The zero-order valence-electron chi connectivity index (χ0n) is 11.8. The fourth-order valence-electron chi connectivity index (χ4n) is 2.08. The normalized spacial score (nSPS) is 22.4. The fourth-order valence-corrected chi connectivity index (χ4v) is 2.08. The van der Waals surface area contributed by atoms with E-state index < -0.39 is 17.6 Å². The maximum atomic E-state index is 12.2. The monoisotopic (exact) mass is 283 g/mol. The number of nitrogens with zero attached hydrogens (tertiary/aromatic N) is 2. The maximum Gasteiger partial charge on any atom is 0.332 e. The summed E-state index contributed by atoms with van der Waals surface area (Å²) in [6.45, 7) is 2.09. The Morgan fingerprint density at radius 3 is 2.65 bits per heavy atom. The number of hydrogen-bond acceptors (Lipinski definition) is 4. The van der Waals surface area contributed by atoms with Gasteiger partial charge in [-0.3, -0.25) is 9.69 Å². The third-order valence-electron chi connectivity index (χ3n) is 3.21. The summed E-state index contributed by atoms with van der Waals surface area (Å²) in [6, 6.07) is -1.30. The smallest absolute Gasteiger partial charge is 0.332 e. The van der Waals surface area contributed by atoms with E-state index in [-0.39, 0.29) is 5.91 Å². The van der Waals surface area contributed by atoms with Gasteiger partial charge in [-0.05, 0) is 6.42 Å². The highest BCUT2D eigenvalue weighted by molar-refractivity contribution is 6.16. The molecule has 1 fully saturated rings. The molecule has 0 spiro atoms. The summed E-state index contributed by atoms with van der Waals surface area (Å²) in [5.74, 6) is -0.381. The number of imide groups is 1. The van der Waals surface area contributed by atoms with E-state index in [4.69, 9.17) is 5.73 Å². The first-order chi connectivity index (χ1) is 9.43. The van der Waals surface area contributed by atoms with Gasteiger partial charge in [0, 0.05) is 7.05 Å². The molecule has 0 aromatic heterocycles. The Kier molecular flexibility index (Phi) is 5.48. The van der Waals surface area contributed by atoms with Gasteiger partial charge in [-0.2, -0.15) is 5.10 Å². The standard InChI is InChI=1S/C12H21N5O3/c1-3-4-5-6-7-12(8-14-16-10(13)19)9(18)17(2)11(20)15-12/h8H,3-7H2,1-2H3,(H,15,20)(H3,13,16,19)/b14-8-/t12-/m0/s1. The predicted octanol–water partition coefficient (Wildman–Crippen LogP) is 0.531. The molecule has 8 heteroatoms. The molecular weight excluding hydrogens is 262 g/mol. The lowest BCUT2D eigenvalue weighted by Crippen LogP contribution is -2.49. The Bertz CT molecular complexity index is 423. The first kappa shape index (κ1) is 15.9. The molecule has 0 radical (unpaired) electrons. The molecule has 0 aliphatic carbocycles. The van der Waals surface area contributed by atoms with Crippen molar-refractivity contribution >= 4 is 24.2 Å². The van der Waals surface area contributed by atoms with Crippen LogP contribution in [0.15, 0.2) is 5.10 Å². The lowest BCUT2D eigenvalue weighted by atomic mass is 9.93. The Balaban J connectivity index is 2.78. The number of urea groups is 2. The summed E-state index contributed by atoms with van der Waals surface area (Å²) in [5.41, 5.74) is 5.75. The molecule has 5 amide bonds. The quantitative estimate of drug-likeness (QED) is 0.274. The molecule has 0 saturated carbocycles. The van der Waals surface area contributed by atoms with Crippen molar-refractivity contribution in [3.8, 4) is 0 Å². The molecule has 1 atom stereocenters. The highest BCUT2D eigenvalue weighted by Gasteiger charge is 2.48. The topological polar surface area (TPSA) is 117 Å². The van der Waals surface area contributed by atoms with Gasteiger partial charge in [0.15, 0.2) is 5.54 Å². The zero-order valence-corrected chi connectivity index (χ0v) is 11.8. The van der Waals surface area contributed by atoms with Crippen LogP contribution in [0.1, 0.15) is 39.0 Å². The highest BCUT2D eigenvalue weighted by Crippen LogP contribution is 2.22. The van der Waals surface area contributed by atoms with E-state index in [2.05, 4.69) is 17.3 Å². The molecule has 1 saturated heterocycles. The number of primary amides is 1. The molecule has 0 unspecified atom stereocenters. The number of rotatable bonds is 7. The summed E-state index contributed by atoms with van der Waals surface area (Å²) >= 11 is 0. The number of hydrazone groups is 1. The maximum absolute atomic E-state index is 12.2. The van der Waals surface area contributed by atoms with Gasteiger partial charge in [-0.1, -0.05) is 32.6 Å². The molecule has 8 nitrogen and oxygen atoms in total. The Labute approximate surface area is 117 Å². The van der Waals surface area contributed by atoms with Crippen LogP contribution in [-0.2, 0) is 4.79 Å². The zero-order chi connectivity index (χ0) is 15.2. The number of carbonyl (C=O) groups is 3. The minimum atomic E-state index is -1.19. The van der Waals surface area contributed by atoms with Crippen molar-refractivity contribution in [3.63, 3.8) is 0 Å². The van der Waals surface area contributed by atoms with Crippen LogP contribution in [0.4, 0.5) is 9.59 Å². The second-order valence-electron chi connectivity index (χ2n) is 4.81. The molecule has 1 rings (SSSR count). The minimum absolute atomic E-state index is 0.381. The SMILES string of the molecule is CCCCCC[C@@]1(/C=N\NC(N)=O)NC(=O)N(C)C1=O. The van der Waals surface area contributed by atoms with Crippen molar-refractivity contribution in [1.29, 1.82) is 0 Å². The van der Waals surface area contributed by atoms with E-state index in [0.717, 1.165) is 30.6 Å². The summed E-state index contributed by atoms with van der Waals surface area (Å²) in [4.78, 5) is 35.4. The average molecular weight is 283 g/mol. The molecule has 1 aliphatic heterocycles. The van der Waals surface area contributed by atoms with Gasteiger partial charge in [-0.25, -0.2) is 15.0 Å². The molecule has 0 aromatic carbocycles. The van der Waals surface area contributed by atoms with Crippen LogP contribution in [0.2, 0.25) is 0 Å². The van der Waals surface area contributed by atoms with Crippen molar-refractivity contribution in [2.45, 2.75) is 44.6 Å². The third-order valence-corrected chi connectivity index (χ3v) is 3.21. The van der Waals surface area contributed by atoms with Gasteiger partial charge < -0.3 is 11.1 Å². The summed E-state index contributed by atoms with van der Waals surface area (Å²) in [5, 5.41) is 6.25. The number of nitrogens with one attached hydrogen (secondary N) is 2. The lowest BCUT2D eigenvalue weighted by molar-refractivity contribution is -0.128. The van der Waals surface area contributed by atoms with Crippen molar-refractivity contribution in [2.24, 2.45) is 10.8 Å². The van der Waals surface area contributed by atoms with E-state index in [1.54, 1.807) is 0 Å². The van der Waals surface area contributed by atoms with Crippen molar-refractivity contribution < 1.29 is 14.4 Å². The van der Waals surface area contributed by atoms with Gasteiger partial charge in [-0.15, -0.1) is 0 Å². The summed E-state index contributed by atoms with van der Waals surface area (Å²) in [6.07, 6.45) is 5.55. The molecular formula is C12H21N5O3. The number of amides is 5. The van der Waals surface area contributed by atoms with E-state index in [0.29, 0.717) is 6.42 Å². The second kappa shape index (κ2) is 6.88. The van der Waals surface area contributed by atoms with Crippen molar-refractivity contribution in [2.75, 3.05) is 7.05 Å². The minimum Gasteiger partial charge on any atom is -0.350 e. The van der Waals surface area contributed by atoms with Gasteiger partial charge in [0.2, 0.25) is 0 Å². The summed E-state index contributed by atoms with van der Waals surface area (Å²) in [7, 11) is 1.40. The van der Waals surface area contributed by atoms with Gasteiger partial charge in [0.05, 0.1) is 6.21 Å². The Morgan fingerprint density at radius 2 is 2.15 bits per heavy atom. The fraction of sp³-hybridized carbons (Fsp3) is 0.667. The molecule has 1 aliphatic rings. The van der Waals surface area contributed by atoms with Crippen LogP contribution in [0.3, 0.4) is 0 Å². The van der Waals surface area contributed by atoms with Crippen LogP contribution in [0.5, 0.6) is 0 Å². The van der Waals surface area contributed by atoms with Crippen LogP contribution in [0.25, 0.3) is 0 Å². The van der Waals surface area contributed by atoms with Crippen molar-refractivity contribution in [1.82, 2.24) is 15.6 Å². The lowest BCUT2D eigenvalue weighted by Gasteiger charge is -2.21. The first-order valence-electron chi connectivity index (χ1n) is 6.63. The third kappa shape index (κ3) is 3.69. The van der Waals surface area contributed by atoms with E-state index >= 15 is 0 Å². The van der Waals surface area contributed by atoms with E-state index in [1.807, 2.05) is 5.43 Å². The average Bonchev–Trinajstić information content (AvgIpc) is 2.60. The van der Waals surface area contributed by atoms with Gasteiger partial charge in [0.25, 0.3) is 5.91 Å². The highest BCUT2D eigenvalue weighted by atomic mass is 16.2. The van der Waals surface area contributed by atoms with E-state index in [1.165, 1.54) is 13.3 Å². The first-order valence-corrected chi connectivity index (χ1v) is 6.63. The molecule has 1 heterocycles. The number of hydrogen-bond donors (Lipinski definition) is 3. The van der Waals surface area contributed by atoms with E-state index in [9.17, 15) is 14.4 Å². The predicted molar refractivity (Wildman–Crippen MR) is 74.0 cm³/mol. The van der Waals surface area contributed by atoms with Crippen LogP contribution < -0.4 is 16.5 Å². The van der Waals surface area contributed by atoms with Gasteiger partial charge >= 0.3 is 12.1 Å². The second-order valence-corrected chi connectivity index (χ2v) is 4.81. The molecule has 0 aromatic rings. The molecule has 112 valence electrons. The Hall–Kier alpha value is -2.12. The molecule has 4 N–H and O–H groups in total. The summed E-state index contributed by atoms with van der Waals surface area (Å²) < 4.78 is 0. The van der Waals surface area contributed by atoms with Crippen LogP contribution in [-0.4, -0.2) is 41.7 Å². The number of likely N-dealkylation sites (N-methyl/N-ethyl adjacent to an activating group) is 1. The molecule has 20 heavy (non-hydrogen) atoms. The van der Waals surface area contributed by atoms with Gasteiger partial charge in [0.1, 0.15) is 0 Å². The van der Waals surface area contributed by atoms with Crippen molar-refractivity contribution in [3.05, 3.63) is 0 Å². The molecule has 0 bridgehead atoms. The number of unbranched alkanes of at least 4 members (excludes halogenated alkanes) is 3. The largest absolute Gasteiger partial charge is 0.350 e. The van der Waals surface area contributed by atoms with Crippen LogP contribution in [0, 0.1) is 0 Å². The number of nitrogens with two attached hydrogens (primary N) is 1. The number of carbonyl (C=O) groups excluding carboxylic acids is 3. The van der Waals surface area contributed by atoms with Crippen LogP contribution >= 0.6 is 0 Å².